The lowest BCUT2D eigenvalue weighted by Gasteiger charge is -2.06. The summed E-state index contributed by atoms with van der Waals surface area (Å²) in [5.74, 6) is 0.648. The number of rotatable bonds is 7. The van der Waals surface area contributed by atoms with E-state index in [2.05, 4.69) is 19.9 Å². The Labute approximate surface area is 171 Å². The maximum absolute atomic E-state index is 12.5. The number of H-pyrrole nitrogens is 1. The zero-order valence-corrected chi connectivity index (χ0v) is 17.8. The van der Waals surface area contributed by atoms with Crippen molar-refractivity contribution in [3.05, 3.63) is 52.6 Å². The second-order valence-corrected chi connectivity index (χ2v) is 9.87. The smallest absolute Gasteiger partial charge is 0.259 e. The van der Waals surface area contributed by atoms with E-state index >= 15 is 0 Å². The molecule has 146 valence electrons. The quantitative estimate of drug-likeness (QED) is 0.467. The molecule has 4 heterocycles. The standard InChI is InChI=1S/C18H19N5O2S3/c1-12-20-16(11-23(12)2)28(24,25)19-8-7-13-17(14-5-3-9-26-14)21-22-18(13)15-6-4-10-27-15/h3-6,9-11,19H,7-8H2,1-2H3,(H,21,22). The van der Waals surface area contributed by atoms with E-state index in [0.717, 1.165) is 26.7 Å². The SMILES string of the molecule is Cc1nc(S(=O)(=O)NCCc2c(-c3cccs3)n[nH]c2-c2cccs2)cn1C. The van der Waals surface area contributed by atoms with Gasteiger partial charge in [0.2, 0.25) is 0 Å². The molecule has 0 saturated heterocycles. The fourth-order valence-electron chi connectivity index (χ4n) is 2.89. The van der Waals surface area contributed by atoms with Crippen molar-refractivity contribution in [3.63, 3.8) is 0 Å². The molecule has 0 aromatic carbocycles. The summed E-state index contributed by atoms with van der Waals surface area (Å²) < 4.78 is 29.4. The average Bonchev–Trinajstić information content (AvgIpc) is 3.42. The van der Waals surface area contributed by atoms with Crippen LogP contribution in [0.4, 0.5) is 0 Å². The van der Waals surface area contributed by atoms with E-state index in [1.165, 1.54) is 6.20 Å². The molecule has 0 unspecified atom stereocenters. The van der Waals surface area contributed by atoms with Gasteiger partial charge in [-0.3, -0.25) is 5.10 Å². The molecule has 0 aliphatic carbocycles. The van der Waals surface area contributed by atoms with Crippen LogP contribution in [-0.2, 0) is 23.5 Å². The first-order valence-corrected chi connectivity index (χ1v) is 11.8. The molecule has 0 spiro atoms. The van der Waals surface area contributed by atoms with Crippen molar-refractivity contribution in [3.8, 4) is 21.1 Å². The van der Waals surface area contributed by atoms with Crippen molar-refractivity contribution in [2.75, 3.05) is 6.54 Å². The Hall–Kier alpha value is -2.27. The van der Waals surface area contributed by atoms with Gasteiger partial charge in [-0.15, -0.1) is 22.7 Å². The molecule has 0 aliphatic heterocycles. The number of nitrogens with one attached hydrogen (secondary N) is 2. The molecule has 4 aromatic heterocycles. The summed E-state index contributed by atoms with van der Waals surface area (Å²) in [6.45, 7) is 2.03. The molecule has 7 nitrogen and oxygen atoms in total. The van der Waals surface area contributed by atoms with Gasteiger partial charge < -0.3 is 4.57 Å². The summed E-state index contributed by atoms with van der Waals surface area (Å²) in [7, 11) is -1.88. The number of imidazole rings is 1. The van der Waals surface area contributed by atoms with Crippen LogP contribution in [0.25, 0.3) is 21.1 Å². The molecule has 0 amide bonds. The molecule has 0 saturated carbocycles. The van der Waals surface area contributed by atoms with Crippen LogP contribution >= 0.6 is 22.7 Å². The highest BCUT2D eigenvalue weighted by molar-refractivity contribution is 7.89. The molecule has 4 rings (SSSR count). The number of nitrogens with zero attached hydrogens (tertiary/aromatic N) is 3. The molecule has 10 heteroatoms. The Morgan fingerprint density at radius 2 is 1.89 bits per heavy atom. The van der Waals surface area contributed by atoms with Crippen LogP contribution in [0, 0.1) is 6.92 Å². The molecule has 0 bridgehead atoms. The van der Waals surface area contributed by atoms with E-state index < -0.39 is 10.0 Å². The van der Waals surface area contributed by atoms with Gasteiger partial charge in [0.05, 0.1) is 15.4 Å². The van der Waals surface area contributed by atoms with Gasteiger partial charge in [0.1, 0.15) is 11.5 Å². The largest absolute Gasteiger partial charge is 0.337 e. The lowest BCUT2D eigenvalue weighted by molar-refractivity contribution is 0.578. The van der Waals surface area contributed by atoms with Gasteiger partial charge in [0.15, 0.2) is 5.03 Å². The van der Waals surface area contributed by atoms with Crippen molar-refractivity contribution >= 4 is 32.7 Å². The van der Waals surface area contributed by atoms with Crippen LogP contribution in [-0.4, -0.2) is 34.7 Å². The first-order chi connectivity index (χ1) is 13.5. The highest BCUT2D eigenvalue weighted by Gasteiger charge is 2.21. The summed E-state index contributed by atoms with van der Waals surface area (Å²) in [5.41, 5.74) is 2.81. The maximum Gasteiger partial charge on any atom is 0.259 e. The van der Waals surface area contributed by atoms with E-state index in [9.17, 15) is 8.42 Å². The molecular formula is C18H19N5O2S3. The van der Waals surface area contributed by atoms with Gasteiger partial charge in [-0.1, -0.05) is 12.1 Å². The van der Waals surface area contributed by atoms with Gasteiger partial charge >= 0.3 is 0 Å². The van der Waals surface area contributed by atoms with E-state index in [0.29, 0.717) is 12.2 Å². The predicted molar refractivity (Wildman–Crippen MR) is 112 cm³/mol. The topological polar surface area (TPSA) is 92.7 Å². The van der Waals surface area contributed by atoms with Crippen molar-refractivity contribution in [1.82, 2.24) is 24.5 Å². The monoisotopic (exact) mass is 433 g/mol. The lowest BCUT2D eigenvalue weighted by atomic mass is 10.1. The third kappa shape index (κ3) is 3.68. The highest BCUT2D eigenvalue weighted by Crippen LogP contribution is 2.34. The average molecular weight is 434 g/mol. The molecule has 4 aromatic rings. The van der Waals surface area contributed by atoms with Crippen molar-refractivity contribution in [1.29, 1.82) is 0 Å². The number of sulfonamides is 1. The predicted octanol–water partition coefficient (Wildman–Crippen LogP) is 3.43. The van der Waals surface area contributed by atoms with Crippen molar-refractivity contribution in [2.24, 2.45) is 7.05 Å². The fourth-order valence-corrected chi connectivity index (χ4v) is 5.45. The molecule has 0 radical (unpaired) electrons. The summed E-state index contributed by atoms with van der Waals surface area (Å²) >= 11 is 3.23. The van der Waals surface area contributed by atoms with Crippen molar-refractivity contribution < 1.29 is 8.42 Å². The highest BCUT2D eigenvalue weighted by atomic mass is 32.2. The summed E-state index contributed by atoms with van der Waals surface area (Å²) in [6.07, 6.45) is 2.03. The summed E-state index contributed by atoms with van der Waals surface area (Å²) in [5, 5.41) is 11.7. The normalized spacial score (nSPS) is 11.9. The fraction of sp³-hybridized carbons (Fsp3) is 0.222. The first kappa shape index (κ1) is 19.1. The molecule has 0 atom stereocenters. The maximum atomic E-state index is 12.5. The number of aromatic amines is 1. The van der Waals surface area contributed by atoms with Gasteiger partial charge in [-0.2, -0.15) is 5.10 Å². The van der Waals surface area contributed by atoms with Crippen LogP contribution < -0.4 is 4.72 Å². The molecule has 2 N–H and O–H groups in total. The van der Waals surface area contributed by atoms with Gasteiger partial charge in [-0.25, -0.2) is 18.1 Å². The number of hydrogen-bond donors (Lipinski definition) is 2. The van der Waals surface area contributed by atoms with Gasteiger partial charge in [0.25, 0.3) is 10.0 Å². The van der Waals surface area contributed by atoms with Crippen LogP contribution in [0.15, 0.2) is 46.2 Å². The van der Waals surface area contributed by atoms with E-state index in [-0.39, 0.29) is 11.6 Å². The molecule has 0 fully saturated rings. The third-order valence-electron chi connectivity index (χ3n) is 4.42. The van der Waals surface area contributed by atoms with Crippen molar-refractivity contribution in [2.45, 2.75) is 18.4 Å². The molecule has 0 aliphatic rings. The Bertz CT molecular complexity index is 1100. The summed E-state index contributed by atoms with van der Waals surface area (Å²) in [6, 6.07) is 8.01. The Morgan fingerprint density at radius 3 is 2.50 bits per heavy atom. The molecular weight excluding hydrogens is 414 g/mol. The van der Waals surface area contributed by atoms with Crippen LogP contribution in [0.3, 0.4) is 0 Å². The summed E-state index contributed by atoms with van der Waals surface area (Å²) in [4.78, 5) is 6.24. The number of aromatic nitrogens is 4. The number of aryl methyl sites for hydroxylation is 2. The second kappa shape index (κ2) is 7.63. The molecule has 28 heavy (non-hydrogen) atoms. The Balaban J connectivity index is 1.58. The first-order valence-electron chi connectivity index (χ1n) is 8.60. The zero-order valence-electron chi connectivity index (χ0n) is 15.3. The number of hydrogen-bond acceptors (Lipinski definition) is 6. The minimum absolute atomic E-state index is 0.0386. The van der Waals surface area contributed by atoms with Crippen LogP contribution in [0.1, 0.15) is 11.4 Å². The van der Waals surface area contributed by atoms with E-state index in [4.69, 9.17) is 0 Å². The van der Waals surface area contributed by atoms with Gasteiger partial charge in [0, 0.05) is 25.4 Å². The Kier molecular flexibility index (Phi) is 5.19. The Morgan fingerprint density at radius 1 is 1.18 bits per heavy atom. The van der Waals surface area contributed by atoms with Gasteiger partial charge in [-0.05, 0) is 36.2 Å². The van der Waals surface area contributed by atoms with E-state index in [1.54, 1.807) is 41.2 Å². The van der Waals surface area contributed by atoms with E-state index in [1.807, 2.05) is 35.0 Å². The van der Waals surface area contributed by atoms with Crippen LogP contribution in [0.5, 0.6) is 0 Å². The second-order valence-electron chi connectivity index (χ2n) is 6.27. The number of thiophene rings is 2. The minimum Gasteiger partial charge on any atom is -0.337 e. The van der Waals surface area contributed by atoms with Crippen LogP contribution in [0.2, 0.25) is 0 Å². The zero-order chi connectivity index (χ0) is 19.7. The minimum atomic E-state index is -3.66. The third-order valence-corrected chi connectivity index (χ3v) is 7.51. The lowest BCUT2D eigenvalue weighted by Crippen LogP contribution is -2.26.